The van der Waals surface area contributed by atoms with Crippen LogP contribution in [0.2, 0.25) is 18.1 Å². The minimum absolute atomic E-state index is 0.0111. The molecule has 0 N–H and O–H groups in total. The second kappa shape index (κ2) is 16.6. The van der Waals surface area contributed by atoms with Gasteiger partial charge in [-0.05, 0) is 85.1 Å². The highest BCUT2D eigenvalue weighted by Gasteiger charge is 2.40. The van der Waals surface area contributed by atoms with Gasteiger partial charge in [0.15, 0.2) is 14.1 Å². The van der Waals surface area contributed by atoms with Crippen molar-refractivity contribution >= 4 is 32.1 Å². The summed E-state index contributed by atoms with van der Waals surface area (Å²) in [6.45, 7) is 14.1. The number of aromatic nitrogens is 1. The average molecular weight is 716 g/mol. The third-order valence-corrected chi connectivity index (χ3v) is 13.7. The van der Waals surface area contributed by atoms with Crippen LogP contribution in [-0.2, 0) is 30.1 Å². The van der Waals surface area contributed by atoms with E-state index >= 15 is 0 Å². The number of esters is 2. The van der Waals surface area contributed by atoms with Crippen molar-refractivity contribution < 1.29 is 37.1 Å². The van der Waals surface area contributed by atoms with Gasteiger partial charge in [-0.25, -0.2) is 13.6 Å². The van der Waals surface area contributed by atoms with Gasteiger partial charge in [-0.3, -0.25) is 9.59 Å². The molecule has 0 saturated carbocycles. The molecule has 4 rings (SSSR count). The Labute approximate surface area is 300 Å². The molecule has 0 spiro atoms. The zero-order chi connectivity index (χ0) is 37.5. The molecular weight excluding hydrogens is 669 g/mol. The number of nitrogens with zero attached hydrogens (tertiary/aromatic N) is 1. The fraction of sp³-hybridized carbons (Fsp3) is 0.341. The van der Waals surface area contributed by atoms with Crippen LogP contribution < -0.4 is 0 Å². The number of ether oxygens (including phenoxy) is 2. The summed E-state index contributed by atoms with van der Waals surface area (Å²) in [5, 5.41) is -0.162. The molecule has 4 aromatic rings. The maximum atomic E-state index is 14.2. The Morgan fingerprint density at radius 2 is 1.37 bits per heavy atom. The van der Waals surface area contributed by atoms with Crippen LogP contribution in [0.15, 0.2) is 84.9 Å². The van der Waals surface area contributed by atoms with E-state index in [9.17, 15) is 23.2 Å². The van der Waals surface area contributed by atoms with E-state index in [2.05, 4.69) is 33.9 Å². The predicted octanol–water partition coefficient (Wildman–Crippen LogP) is 9.96. The number of hydrogen-bond donors (Lipinski definition) is 0. The molecule has 0 radical (unpaired) electrons. The summed E-state index contributed by atoms with van der Waals surface area (Å²) in [5.74, 6) is -2.31. The molecule has 51 heavy (non-hydrogen) atoms. The number of halogens is 2. The second-order valence-electron chi connectivity index (χ2n) is 14.3. The minimum Gasteiger partial charge on any atom is -0.469 e. The van der Waals surface area contributed by atoms with Gasteiger partial charge in [0.1, 0.15) is 23.9 Å². The normalized spacial score (nSPS) is 12.7. The molecule has 0 amide bonds. The van der Waals surface area contributed by atoms with E-state index in [0.717, 1.165) is 5.56 Å². The molecule has 0 aliphatic rings. The van der Waals surface area contributed by atoms with Gasteiger partial charge in [-0.2, -0.15) is 0 Å². The van der Waals surface area contributed by atoms with E-state index in [4.69, 9.17) is 13.9 Å². The standard InChI is InChI=1S/C41H47F2NO6Si/c1-27(2)44-35(23-22-33(45)24-34(25-36(46)48-6)50-51(7,8)41(3,4)5)37(29-14-18-31(42)19-15-29)38(30-16-20-32(43)21-17-30)39(44)40(47)49-26-28-12-10-9-11-13-28/h9-23,27,34H,24-26H2,1-8H3. The number of carbonyl (C=O) groups excluding carboxylic acids is 3. The average Bonchev–Trinajstić information content (AvgIpc) is 3.42. The lowest BCUT2D eigenvalue weighted by Gasteiger charge is -2.39. The van der Waals surface area contributed by atoms with Crippen LogP contribution >= 0.6 is 0 Å². The summed E-state index contributed by atoms with van der Waals surface area (Å²) in [5.41, 5.74) is 3.57. The Morgan fingerprint density at radius 3 is 1.88 bits per heavy atom. The van der Waals surface area contributed by atoms with Crippen molar-refractivity contribution in [3.05, 3.63) is 114 Å². The SMILES string of the molecule is COC(=O)CC(CC(=O)C=Cc1c(-c2ccc(F)cc2)c(-c2ccc(F)cc2)c(C(=O)OCc2ccccc2)n1C(C)C)O[Si](C)(C)C(C)(C)C. The number of allylic oxidation sites excluding steroid dienone is 1. The molecule has 3 aromatic carbocycles. The van der Waals surface area contributed by atoms with Crippen LogP contribution in [0.3, 0.4) is 0 Å². The molecule has 1 heterocycles. The summed E-state index contributed by atoms with van der Waals surface area (Å²) >= 11 is 0. The Kier molecular flexibility index (Phi) is 12.7. The molecule has 0 aliphatic carbocycles. The molecule has 0 fully saturated rings. The lowest BCUT2D eigenvalue weighted by Crippen LogP contribution is -2.44. The number of methoxy groups -OCH3 is 1. The maximum Gasteiger partial charge on any atom is 0.355 e. The predicted molar refractivity (Wildman–Crippen MR) is 199 cm³/mol. The fourth-order valence-corrected chi connectivity index (χ4v) is 6.94. The van der Waals surface area contributed by atoms with Crippen LogP contribution in [-0.4, -0.2) is 43.8 Å². The number of ketones is 1. The first-order valence-corrected chi connectivity index (χ1v) is 19.9. The van der Waals surface area contributed by atoms with Crippen molar-refractivity contribution in [3.8, 4) is 22.3 Å². The van der Waals surface area contributed by atoms with Gasteiger partial charge in [0.05, 0.1) is 25.3 Å². The zero-order valence-electron chi connectivity index (χ0n) is 30.6. The molecular formula is C41H47F2NO6Si. The Bertz CT molecular complexity index is 1860. The van der Waals surface area contributed by atoms with Gasteiger partial charge < -0.3 is 18.5 Å². The summed E-state index contributed by atoms with van der Waals surface area (Å²) < 4.78 is 47.5. The molecule has 7 nitrogen and oxygen atoms in total. The van der Waals surface area contributed by atoms with Crippen molar-refractivity contribution in [2.45, 2.75) is 84.3 Å². The van der Waals surface area contributed by atoms with Gasteiger partial charge in [0, 0.05) is 23.6 Å². The molecule has 10 heteroatoms. The third kappa shape index (κ3) is 9.77. The molecule has 1 unspecified atom stereocenters. The van der Waals surface area contributed by atoms with Gasteiger partial charge in [-0.1, -0.05) is 75.4 Å². The molecule has 270 valence electrons. The van der Waals surface area contributed by atoms with Crippen LogP contribution in [0.5, 0.6) is 0 Å². The van der Waals surface area contributed by atoms with Crippen LogP contribution in [0.1, 0.15) is 75.2 Å². The van der Waals surface area contributed by atoms with Crippen molar-refractivity contribution in [1.29, 1.82) is 0 Å². The molecule has 0 aliphatic heterocycles. The Morgan fingerprint density at radius 1 is 0.824 bits per heavy atom. The largest absolute Gasteiger partial charge is 0.469 e. The molecule has 1 atom stereocenters. The number of carbonyl (C=O) groups is 3. The van der Waals surface area contributed by atoms with E-state index in [0.29, 0.717) is 27.9 Å². The Balaban J connectivity index is 1.89. The van der Waals surface area contributed by atoms with E-state index in [1.807, 2.05) is 44.2 Å². The van der Waals surface area contributed by atoms with E-state index in [1.165, 1.54) is 37.5 Å². The van der Waals surface area contributed by atoms with Crippen molar-refractivity contribution in [1.82, 2.24) is 4.57 Å². The van der Waals surface area contributed by atoms with Crippen LogP contribution in [0.4, 0.5) is 8.78 Å². The van der Waals surface area contributed by atoms with Gasteiger partial charge >= 0.3 is 11.9 Å². The highest BCUT2D eigenvalue weighted by molar-refractivity contribution is 6.74. The number of benzene rings is 3. The van der Waals surface area contributed by atoms with E-state index in [1.54, 1.807) is 34.9 Å². The summed E-state index contributed by atoms with van der Waals surface area (Å²) in [4.78, 5) is 40.2. The zero-order valence-corrected chi connectivity index (χ0v) is 31.6. The van der Waals surface area contributed by atoms with Crippen molar-refractivity contribution in [2.24, 2.45) is 0 Å². The quantitative estimate of drug-likeness (QED) is 0.0734. The summed E-state index contributed by atoms with van der Waals surface area (Å²) in [6.07, 6.45) is 2.17. The van der Waals surface area contributed by atoms with Gasteiger partial charge in [0.2, 0.25) is 0 Å². The highest BCUT2D eigenvalue weighted by atomic mass is 28.4. The lowest BCUT2D eigenvalue weighted by atomic mass is 9.94. The highest BCUT2D eigenvalue weighted by Crippen LogP contribution is 2.43. The number of hydrogen-bond acceptors (Lipinski definition) is 6. The minimum atomic E-state index is -2.37. The molecule has 0 saturated heterocycles. The molecule has 0 bridgehead atoms. The maximum absolute atomic E-state index is 14.2. The summed E-state index contributed by atoms with van der Waals surface area (Å²) in [7, 11) is -1.07. The van der Waals surface area contributed by atoms with Gasteiger partial charge in [0.25, 0.3) is 0 Å². The first-order chi connectivity index (χ1) is 24.0. The number of rotatable bonds is 14. The van der Waals surface area contributed by atoms with Crippen LogP contribution in [0, 0.1) is 11.6 Å². The van der Waals surface area contributed by atoms with E-state index < -0.39 is 38.0 Å². The third-order valence-electron chi connectivity index (χ3n) is 9.18. The van der Waals surface area contributed by atoms with Gasteiger partial charge in [-0.15, -0.1) is 0 Å². The topological polar surface area (TPSA) is 83.8 Å². The fourth-order valence-electron chi connectivity index (χ4n) is 5.59. The van der Waals surface area contributed by atoms with Crippen molar-refractivity contribution in [2.75, 3.05) is 7.11 Å². The Hall–Kier alpha value is -4.67. The van der Waals surface area contributed by atoms with Crippen LogP contribution in [0.25, 0.3) is 28.3 Å². The second-order valence-corrected chi connectivity index (χ2v) is 19.1. The first kappa shape index (κ1) is 39.1. The first-order valence-electron chi connectivity index (χ1n) is 17.0. The lowest BCUT2D eigenvalue weighted by molar-refractivity contribution is -0.142. The van der Waals surface area contributed by atoms with Crippen molar-refractivity contribution in [3.63, 3.8) is 0 Å². The smallest absolute Gasteiger partial charge is 0.355 e. The summed E-state index contributed by atoms with van der Waals surface area (Å²) in [6, 6.07) is 20.5. The van der Waals surface area contributed by atoms with E-state index in [-0.39, 0.29) is 42.0 Å². The monoisotopic (exact) mass is 715 g/mol. The molecule has 1 aromatic heterocycles.